The van der Waals surface area contributed by atoms with Crippen molar-refractivity contribution in [2.75, 3.05) is 6.61 Å². The van der Waals surface area contributed by atoms with Crippen LogP contribution >= 0.6 is 34.5 Å². The van der Waals surface area contributed by atoms with Crippen LogP contribution in [0.3, 0.4) is 0 Å². The van der Waals surface area contributed by atoms with E-state index in [2.05, 4.69) is 17.0 Å². The molecule has 0 unspecified atom stereocenters. The third kappa shape index (κ3) is 4.15. The van der Waals surface area contributed by atoms with Crippen molar-refractivity contribution in [3.8, 4) is 17.1 Å². The van der Waals surface area contributed by atoms with Gasteiger partial charge in [-0.3, -0.25) is 4.79 Å². The van der Waals surface area contributed by atoms with Crippen molar-refractivity contribution < 1.29 is 4.74 Å². The number of unbranched alkanes of at least 4 members (excludes halogenated alkanes) is 1. The van der Waals surface area contributed by atoms with Gasteiger partial charge in [-0.25, -0.2) is 0 Å². The first-order valence-electron chi connectivity index (χ1n) is 9.15. The summed E-state index contributed by atoms with van der Waals surface area (Å²) in [6, 6.07) is 12.7. The molecule has 0 N–H and O–H groups in total. The number of fused-ring (bicyclic) bond motifs is 1. The molecule has 148 valence electrons. The topological polar surface area (TPSA) is 56.5 Å². The number of benzene rings is 2. The van der Waals surface area contributed by atoms with Gasteiger partial charge in [0.15, 0.2) is 5.82 Å². The molecule has 4 aromatic rings. The summed E-state index contributed by atoms with van der Waals surface area (Å²) in [6.45, 7) is 2.76. The minimum atomic E-state index is -0.225. The average molecular weight is 446 g/mol. The molecule has 0 atom stereocenters. The summed E-state index contributed by atoms with van der Waals surface area (Å²) in [5, 5.41) is 5.31. The summed E-state index contributed by atoms with van der Waals surface area (Å²) in [4.78, 5) is 17.8. The third-order valence-electron chi connectivity index (χ3n) is 4.31. The molecule has 8 heteroatoms. The van der Waals surface area contributed by atoms with E-state index < -0.39 is 0 Å². The molecule has 2 aromatic heterocycles. The Morgan fingerprint density at radius 2 is 2.03 bits per heavy atom. The zero-order valence-corrected chi connectivity index (χ0v) is 17.9. The predicted octanol–water partition coefficient (Wildman–Crippen LogP) is 4.85. The van der Waals surface area contributed by atoms with E-state index in [1.54, 1.807) is 18.2 Å². The molecular formula is C21H17Cl2N3O2S. The lowest BCUT2D eigenvalue weighted by Crippen LogP contribution is -2.23. The second kappa shape index (κ2) is 8.53. The number of ether oxygens (including phenoxy) is 1. The lowest BCUT2D eigenvalue weighted by molar-refractivity contribution is 0.309. The predicted molar refractivity (Wildman–Crippen MR) is 118 cm³/mol. The van der Waals surface area contributed by atoms with E-state index in [0.717, 1.165) is 24.2 Å². The zero-order chi connectivity index (χ0) is 20.4. The molecule has 2 heterocycles. The number of halogens is 2. The van der Waals surface area contributed by atoms with Crippen LogP contribution in [-0.2, 0) is 0 Å². The first-order chi connectivity index (χ1) is 14.1. The van der Waals surface area contributed by atoms with E-state index in [1.165, 1.54) is 15.9 Å². The SMILES string of the molecule is CCCCOc1ccccc1/C=c1\sc2nc(-c3ccc(Cl)cc3Cl)nn2c1=O. The fraction of sp³-hybridized carbons (Fsp3) is 0.190. The fourth-order valence-corrected chi connectivity index (χ4v) is 4.21. The van der Waals surface area contributed by atoms with E-state index >= 15 is 0 Å². The molecule has 0 saturated heterocycles. The third-order valence-corrected chi connectivity index (χ3v) is 5.82. The van der Waals surface area contributed by atoms with Gasteiger partial charge in [0.1, 0.15) is 5.75 Å². The molecule has 4 rings (SSSR count). The maximum absolute atomic E-state index is 12.8. The standard InChI is InChI=1S/C21H17Cl2N3O2S/c1-2-3-10-28-17-7-5-4-6-13(17)11-18-20(27)26-21(29-18)24-19(25-26)15-9-8-14(22)12-16(15)23/h4-9,11-12H,2-3,10H2,1H3/b18-11-. The van der Waals surface area contributed by atoms with Crippen molar-refractivity contribution in [1.29, 1.82) is 0 Å². The van der Waals surface area contributed by atoms with Crippen LogP contribution < -0.4 is 14.8 Å². The summed E-state index contributed by atoms with van der Waals surface area (Å²) < 4.78 is 7.70. The summed E-state index contributed by atoms with van der Waals surface area (Å²) in [5.74, 6) is 1.15. The number of hydrogen-bond donors (Lipinski definition) is 0. The molecule has 0 aliphatic rings. The number of para-hydroxylation sites is 1. The average Bonchev–Trinajstić information content (AvgIpc) is 3.23. The molecule has 5 nitrogen and oxygen atoms in total. The zero-order valence-electron chi connectivity index (χ0n) is 15.6. The van der Waals surface area contributed by atoms with Crippen LogP contribution in [0.25, 0.3) is 22.4 Å². The molecule has 0 aliphatic heterocycles. The minimum Gasteiger partial charge on any atom is -0.493 e. The Morgan fingerprint density at radius 1 is 1.21 bits per heavy atom. The number of thiazole rings is 1. The Hall–Kier alpha value is -2.41. The van der Waals surface area contributed by atoms with Crippen LogP contribution in [-0.4, -0.2) is 21.2 Å². The molecule has 0 spiro atoms. The van der Waals surface area contributed by atoms with Gasteiger partial charge < -0.3 is 4.74 Å². The molecule has 0 bridgehead atoms. The van der Waals surface area contributed by atoms with Crippen LogP contribution in [0, 0.1) is 0 Å². The van der Waals surface area contributed by atoms with Gasteiger partial charge in [0.2, 0.25) is 4.96 Å². The molecule has 0 saturated carbocycles. The van der Waals surface area contributed by atoms with Gasteiger partial charge in [0.25, 0.3) is 5.56 Å². The van der Waals surface area contributed by atoms with Crippen molar-refractivity contribution in [3.05, 3.63) is 73.0 Å². The monoisotopic (exact) mass is 445 g/mol. The Kier molecular flexibility index (Phi) is 5.85. The molecular weight excluding hydrogens is 429 g/mol. The number of aromatic nitrogens is 3. The second-order valence-corrected chi connectivity index (χ2v) is 8.26. The van der Waals surface area contributed by atoms with Gasteiger partial charge in [0.05, 0.1) is 16.2 Å². The van der Waals surface area contributed by atoms with E-state index in [1.807, 2.05) is 30.3 Å². The summed E-state index contributed by atoms with van der Waals surface area (Å²) >= 11 is 13.5. The first-order valence-corrected chi connectivity index (χ1v) is 10.7. The molecule has 0 radical (unpaired) electrons. The Bertz CT molecular complexity index is 1280. The first kappa shape index (κ1) is 19.9. The highest BCUT2D eigenvalue weighted by molar-refractivity contribution is 7.15. The highest BCUT2D eigenvalue weighted by Crippen LogP contribution is 2.28. The summed E-state index contributed by atoms with van der Waals surface area (Å²) in [5.41, 5.74) is 1.26. The quantitative estimate of drug-likeness (QED) is 0.398. The van der Waals surface area contributed by atoms with Crippen LogP contribution in [0.4, 0.5) is 0 Å². The van der Waals surface area contributed by atoms with Crippen molar-refractivity contribution in [1.82, 2.24) is 14.6 Å². The van der Waals surface area contributed by atoms with Crippen LogP contribution in [0.5, 0.6) is 5.75 Å². The van der Waals surface area contributed by atoms with Gasteiger partial charge in [-0.15, -0.1) is 5.10 Å². The number of rotatable bonds is 6. The molecule has 29 heavy (non-hydrogen) atoms. The van der Waals surface area contributed by atoms with Gasteiger partial charge in [-0.05, 0) is 36.8 Å². The Morgan fingerprint density at radius 3 is 2.79 bits per heavy atom. The minimum absolute atomic E-state index is 0.225. The smallest absolute Gasteiger partial charge is 0.291 e. The fourth-order valence-electron chi connectivity index (χ4n) is 2.82. The number of nitrogens with zero attached hydrogens (tertiary/aromatic N) is 3. The van der Waals surface area contributed by atoms with Gasteiger partial charge in [-0.2, -0.15) is 9.50 Å². The lowest BCUT2D eigenvalue weighted by Gasteiger charge is -2.07. The summed E-state index contributed by atoms with van der Waals surface area (Å²) in [7, 11) is 0. The molecule has 0 aliphatic carbocycles. The van der Waals surface area contributed by atoms with E-state index in [4.69, 9.17) is 27.9 Å². The van der Waals surface area contributed by atoms with E-state index in [9.17, 15) is 4.79 Å². The van der Waals surface area contributed by atoms with Gasteiger partial charge in [0, 0.05) is 16.1 Å². The van der Waals surface area contributed by atoms with Crippen molar-refractivity contribution >= 4 is 45.6 Å². The largest absolute Gasteiger partial charge is 0.493 e. The molecule has 0 fully saturated rings. The van der Waals surface area contributed by atoms with Crippen molar-refractivity contribution in [2.45, 2.75) is 19.8 Å². The van der Waals surface area contributed by atoms with Crippen LogP contribution in [0.1, 0.15) is 25.3 Å². The van der Waals surface area contributed by atoms with Crippen LogP contribution in [0.15, 0.2) is 47.3 Å². The molecule has 0 amide bonds. The second-order valence-electron chi connectivity index (χ2n) is 6.41. The van der Waals surface area contributed by atoms with Crippen LogP contribution in [0.2, 0.25) is 10.0 Å². The molecule has 2 aromatic carbocycles. The van der Waals surface area contributed by atoms with Gasteiger partial charge in [-0.1, -0.05) is 66.1 Å². The normalized spacial score (nSPS) is 12.0. The number of hydrogen-bond acceptors (Lipinski definition) is 5. The van der Waals surface area contributed by atoms with E-state index in [0.29, 0.717) is 37.5 Å². The summed E-state index contributed by atoms with van der Waals surface area (Å²) in [6.07, 6.45) is 3.86. The highest BCUT2D eigenvalue weighted by atomic mass is 35.5. The van der Waals surface area contributed by atoms with Crippen molar-refractivity contribution in [3.63, 3.8) is 0 Å². The Balaban J connectivity index is 1.73. The van der Waals surface area contributed by atoms with Gasteiger partial charge >= 0.3 is 0 Å². The van der Waals surface area contributed by atoms with E-state index in [-0.39, 0.29) is 5.56 Å². The lowest BCUT2D eigenvalue weighted by atomic mass is 10.2. The highest BCUT2D eigenvalue weighted by Gasteiger charge is 2.14. The Labute approximate surface area is 181 Å². The maximum Gasteiger partial charge on any atom is 0.291 e. The van der Waals surface area contributed by atoms with Crippen molar-refractivity contribution in [2.24, 2.45) is 0 Å². The maximum atomic E-state index is 12.8.